The molecule has 0 aromatic heterocycles. The van der Waals surface area contributed by atoms with Crippen molar-refractivity contribution in [1.29, 1.82) is 0 Å². The summed E-state index contributed by atoms with van der Waals surface area (Å²) in [5.74, 6) is 0. The Bertz CT molecular complexity index is 1240. The molecule has 0 aliphatic heterocycles. The third-order valence-corrected chi connectivity index (χ3v) is 5.25. The second-order valence-corrected chi connectivity index (χ2v) is 7.18. The second kappa shape index (κ2) is 7.65. The summed E-state index contributed by atoms with van der Waals surface area (Å²) in [5.41, 5.74) is 7.15. The van der Waals surface area contributed by atoms with Gasteiger partial charge in [-0.25, -0.2) is 0 Å². The Balaban J connectivity index is 1.50. The summed E-state index contributed by atoms with van der Waals surface area (Å²) in [6.07, 6.45) is 0. The van der Waals surface area contributed by atoms with E-state index in [1.54, 1.807) is 0 Å². The van der Waals surface area contributed by atoms with Gasteiger partial charge in [0, 0.05) is 11.4 Å². The van der Waals surface area contributed by atoms with E-state index < -0.39 is 0 Å². The van der Waals surface area contributed by atoms with Gasteiger partial charge in [0.15, 0.2) is 0 Å². The quantitative estimate of drug-likeness (QED) is 0.338. The minimum Gasteiger partial charge on any atom is -0.356 e. The molecule has 0 aliphatic rings. The number of hydrogen-bond donors (Lipinski definition) is 1. The molecule has 1 N–H and O–H groups in total. The Kier molecular flexibility index (Phi) is 4.56. The summed E-state index contributed by atoms with van der Waals surface area (Å²) in [6.45, 7) is 0. The zero-order valence-electron chi connectivity index (χ0n) is 16.0. The number of anilines is 2. The molecular weight excluding hydrogens is 350 g/mol. The minimum atomic E-state index is 1.09. The van der Waals surface area contributed by atoms with E-state index in [2.05, 4.69) is 108 Å². The van der Waals surface area contributed by atoms with Crippen LogP contribution in [-0.2, 0) is 0 Å². The van der Waals surface area contributed by atoms with Crippen molar-refractivity contribution in [1.82, 2.24) is 0 Å². The first-order valence-electron chi connectivity index (χ1n) is 9.87. The SMILES string of the molecule is c1ccc(Nc2ccc(-c3ccc4cccc(-c5ccccc5)c4c3)cc2)cc1. The summed E-state index contributed by atoms with van der Waals surface area (Å²) in [7, 11) is 0. The van der Waals surface area contributed by atoms with Crippen LogP contribution in [0, 0.1) is 0 Å². The molecule has 138 valence electrons. The van der Waals surface area contributed by atoms with Crippen LogP contribution in [0.4, 0.5) is 11.4 Å². The molecule has 5 rings (SSSR count). The Morgan fingerprint density at radius 2 is 1.07 bits per heavy atom. The van der Waals surface area contributed by atoms with Gasteiger partial charge in [-0.3, -0.25) is 0 Å². The van der Waals surface area contributed by atoms with Crippen LogP contribution >= 0.6 is 0 Å². The molecule has 0 aliphatic carbocycles. The van der Waals surface area contributed by atoms with Gasteiger partial charge in [-0.1, -0.05) is 91.0 Å². The highest BCUT2D eigenvalue weighted by molar-refractivity contribution is 5.99. The molecular formula is C28H21N. The molecule has 5 aromatic rings. The Labute approximate surface area is 171 Å². The van der Waals surface area contributed by atoms with E-state index in [1.165, 1.54) is 33.0 Å². The van der Waals surface area contributed by atoms with Crippen LogP contribution in [-0.4, -0.2) is 0 Å². The van der Waals surface area contributed by atoms with Gasteiger partial charge < -0.3 is 5.32 Å². The van der Waals surface area contributed by atoms with Gasteiger partial charge in [-0.05, 0) is 63.4 Å². The average Bonchev–Trinajstić information content (AvgIpc) is 2.80. The molecule has 0 radical (unpaired) electrons. The van der Waals surface area contributed by atoms with Crippen LogP contribution in [0.5, 0.6) is 0 Å². The number of rotatable bonds is 4. The van der Waals surface area contributed by atoms with Gasteiger partial charge in [0.05, 0.1) is 0 Å². The topological polar surface area (TPSA) is 12.0 Å². The lowest BCUT2D eigenvalue weighted by Gasteiger charge is -2.11. The highest BCUT2D eigenvalue weighted by Crippen LogP contribution is 2.32. The summed E-state index contributed by atoms with van der Waals surface area (Å²) >= 11 is 0. The van der Waals surface area contributed by atoms with Crippen molar-refractivity contribution >= 4 is 22.1 Å². The Morgan fingerprint density at radius 3 is 1.83 bits per heavy atom. The number of fused-ring (bicyclic) bond motifs is 1. The van der Waals surface area contributed by atoms with Crippen LogP contribution in [0.1, 0.15) is 0 Å². The number of benzene rings is 5. The van der Waals surface area contributed by atoms with E-state index in [9.17, 15) is 0 Å². The van der Waals surface area contributed by atoms with Crippen LogP contribution in [0.3, 0.4) is 0 Å². The van der Waals surface area contributed by atoms with Crippen molar-refractivity contribution in [3.63, 3.8) is 0 Å². The molecule has 0 amide bonds. The van der Waals surface area contributed by atoms with Gasteiger partial charge >= 0.3 is 0 Å². The monoisotopic (exact) mass is 371 g/mol. The highest BCUT2D eigenvalue weighted by Gasteiger charge is 2.06. The normalized spacial score (nSPS) is 10.8. The fourth-order valence-corrected chi connectivity index (χ4v) is 3.76. The minimum absolute atomic E-state index is 1.09. The van der Waals surface area contributed by atoms with E-state index in [4.69, 9.17) is 0 Å². The maximum atomic E-state index is 3.44. The highest BCUT2D eigenvalue weighted by atomic mass is 14.9. The standard InChI is InChI=1S/C28H21N/c1-3-8-22(9-4-1)27-13-7-10-23-14-15-24(20-28(23)27)21-16-18-26(19-17-21)29-25-11-5-2-6-12-25/h1-20,29H. The summed E-state index contributed by atoms with van der Waals surface area (Å²) in [6, 6.07) is 42.7. The number of hydrogen-bond acceptors (Lipinski definition) is 1. The van der Waals surface area contributed by atoms with Gasteiger partial charge in [-0.2, -0.15) is 0 Å². The Hall–Kier alpha value is -3.84. The van der Waals surface area contributed by atoms with Gasteiger partial charge in [-0.15, -0.1) is 0 Å². The van der Waals surface area contributed by atoms with Gasteiger partial charge in [0.2, 0.25) is 0 Å². The molecule has 0 bridgehead atoms. The van der Waals surface area contributed by atoms with E-state index in [1.807, 2.05) is 18.2 Å². The molecule has 0 saturated carbocycles. The van der Waals surface area contributed by atoms with Crippen molar-refractivity contribution in [2.45, 2.75) is 0 Å². The first-order chi connectivity index (χ1) is 14.4. The van der Waals surface area contributed by atoms with Gasteiger partial charge in [0.25, 0.3) is 0 Å². The third-order valence-electron chi connectivity index (χ3n) is 5.25. The third kappa shape index (κ3) is 3.63. The first kappa shape index (κ1) is 17.3. The molecule has 0 heterocycles. The van der Waals surface area contributed by atoms with E-state index in [-0.39, 0.29) is 0 Å². The number of nitrogens with one attached hydrogen (secondary N) is 1. The van der Waals surface area contributed by atoms with Crippen molar-refractivity contribution in [2.24, 2.45) is 0 Å². The zero-order chi connectivity index (χ0) is 19.5. The predicted molar refractivity (Wildman–Crippen MR) is 125 cm³/mol. The van der Waals surface area contributed by atoms with E-state index in [0.717, 1.165) is 11.4 Å². The maximum absolute atomic E-state index is 3.44. The van der Waals surface area contributed by atoms with Crippen molar-refractivity contribution in [2.75, 3.05) is 5.32 Å². The molecule has 0 atom stereocenters. The molecule has 0 spiro atoms. The zero-order valence-corrected chi connectivity index (χ0v) is 16.0. The van der Waals surface area contributed by atoms with E-state index >= 15 is 0 Å². The van der Waals surface area contributed by atoms with Gasteiger partial charge in [0.1, 0.15) is 0 Å². The fraction of sp³-hybridized carbons (Fsp3) is 0. The molecule has 29 heavy (non-hydrogen) atoms. The fourth-order valence-electron chi connectivity index (χ4n) is 3.76. The summed E-state index contributed by atoms with van der Waals surface area (Å²) in [4.78, 5) is 0. The molecule has 0 fully saturated rings. The first-order valence-corrected chi connectivity index (χ1v) is 9.87. The van der Waals surface area contributed by atoms with Crippen LogP contribution in [0.25, 0.3) is 33.0 Å². The average molecular weight is 371 g/mol. The molecule has 1 heteroatoms. The van der Waals surface area contributed by atoms with E-state index in [0.29, 0.717) is 0 Å². The molecule has 0 unspecified atom stereocenters. The lowest BCUT2D eigenvalue weighted by molar-refractivity contribution is 1.54. The molecule has 5 aromatic carbocycles. The largest absolute Gasteiger partial charge is 0.356 e. The Morgan fingerprint density at radius 1 is 0.414 bits per heavy atom. The van der Waals surface area contributed by atoms with Crippen LogP contribution in [0.15, 0.2) is 121 Å². The maximum Gasteiger partial charge on any atom is 0.0384 e. The predicted octanol–water partition coefficient (Wildman–Crippen LogP) is 7.92. The molecule has 1 nitrogen and oxygen atoms in total. The molecule has 0 saturated heterocycles. The van der Waals surface area contributed by atoms with Crippen molar-refractivity contribution in [3.05, 3.63) is 121 Å². The van der Waals surface area contributed by atoms with Crippen molar-refractivity contribution in [3.8, 4) is 22.3 Å². The van der Waals surface area contributed by atoms with Crippen LogP contribution in [0.2, 0.25) is 0 Å². The lowest BCUT2D eigenvalue weighted by atomic mass is 9.95. The van der Waals surface area contributed by atoms with Crippen molar-refractivity contribution < 1.29 is 0 Å². The second-order valence-electron chi connectivity index (χ2n) is 7.18. The summed E-state index contributed by atoms with van der Waals surface area (Å²) < 4.78 is 0. The summed E-state index contributed by atoms with van der Waals surface area (Å²) in [5, 5.41) is 5.98. The smallest absolute Gasteiger partial charge is 0.0384 e. The van der Waals surface area contributed by atoms with Crippen LogP contribution < -0.4 is 5.32 Å². The number of para-hydroxylation sites is 1. The lowest BCUT2D eigenvalue weighted by Crippen LogP contribution is -1.89.